The highest BCUT2D eigenvalue weighted by Crippen LogP contribution is 2.54. The lowest BCUT2D eigenvalue weighted by atomic mass is 9.97. The summed E-state index contributed by atoms with van der Waals surface area (Å²) >= 11 is 0. The van der Waals surface area contributed by atoms with Crippen molar-refractivity contribution >= 4 is 0 Å². The van der Waals surface area contributed by atoms with E-state index < -0.39 is 17.7 Å². The van der Waals surface area contributed by atoms with Gasteiger partial charge in [0, 0.05) is 5.92 Å². The number of rotatable bonds is 5. The second-order valence-electron chi connectivity index (χ2n) is 9.69. The van der Waals surface area contributed by atoms with Crippen LogP contribution in [0.2, 0.25) is 0 Å². The molecule has 7 atom stereocenters. The number of ether oxygens (including phenoxy) is 6. The van der Waals surface area contributed by atoms with Gasteiger partial charge in [-0.3, -0.25) is 0 Å². The third-order valence-electron chi connectivity index (χ3n) is 6.92. The molecule has 3 saturated heterocycles. The zero-order chi connectivity index (χ0) is 21.8. The molecule has 6 nitrogen and oxygen atoms in total. The molecular formula is C26H30O6. The van der Waals surface area contributed by atoms with Crippen LogP contribution in [0.1, 0.15) is 37.3 Å². The first kappa shape index (κ1) is 20.8. The maximum Gasteiger partial charge on any atom is 0.224 e. The largest absolute Gasteiger partial charge is 0.365 e. The van der Waals surface area contributed by atoms with Crippen molar-refractivity contribution in [3.63, 3.8) is 0 Å². The third-order valence-corrected chi connectivity index (χ3v) is 6.92. The fourth-order valence-corrected chi connectivity index (χ4v) is 5.22. The fraction of sp³-hybridized carbons (Fsp3) is 0.538. The average molecular weight is 439 g/mol. The minimum Gasteiger partial charge on any atom is -0.365 e. The summed E-state index contributed by atoms with van der Waals surface area (Å²) in [5, 5.41) is 0. The van der Waals surface area contributed by atoms with Gasteiger partial charge in [0.1, 0.15) is 24.9 Å². The Balaban J connectivity index is 1.21. The number of fused-ring (bicyclic) bond motifs is 1. The van der Waals surface area contributed by atoms with Crippen LogP contribution < -0.4 is 0 Å². The van der Waals surface area contributed by atoms with Crippen molar-refractivity contribution in [2.75, 3.05) is 13.2 Å². The van der Waals surface area contributed by atoms with Gasteiger partial charge in [-0.15, -0.1) is 0 Å². The van der Waals surface area contributed by atoms with E-state index in [0.29, 0.717) is 31.7 Å². The van der Waals surface area contributed by atoms with Crippen molar-refractivity contribution < 1.29 is 28.4 Å². The molecule has 0 bridgehead atoms. The highest BCUT2D eigenvalue weighted by Gasteiger charge is 2.64. The van der Waals surface area contributed by atoms with Crippen molar-refractivity contribution in [2.24, 2.45) is 5.92 Å². The van der Waals surface area contributed by atoms with Gasteiger partial charge in [-0.25, -0.2) is 0 Å². The summed E-state index contributed by atoms with van der Waals surface area (Å²) in [7, 11) is 0. The topological polar surface area (TPSA) is 55.4 Å². The summed E-state index contributed by atoms with van der Waals surface area (Å²) < 4.78 is 37.8. The molecule has 3 aliphatic heterocycles. The van der Waals surface area contributed by atoms with E-state index in [4.69, 9.17) is 28.4 Å². The Hall–Kier alpha value is -1.80. The van der Waals surface area contributed by atoms with Gasteiger partial charge in [0.05, 0.1) is 13.2 Å². The van der Waals surface area contributed by atoms with Crippen LogP contribution in [0, 0.1) is 5.92 Å². The number of hydrogen-bond acceptors (Lipinski definition) is 6. The van der Waals surface area contributed by atoms with Gasteiger partial charge in [-0.2, -0.15) is 0 Å². The summed E-state index contributed by atoms with van der Waals surface area (Å²) in [5.74, 6) is -0.912. The van der Waals surface area contributed by atoms with Gasteiger partial charge >= 0.3 is 0 Å². The first-order chi connectivity index (χ1) is 15.5. The highest BCUT2D eigenvalue weighted by atomic mass is 16.9. The third kappa shape index (κ3) is 3.79. The van der Waals surface area contributed by atoms with Crippen LogP contribution in [0.3, 0.4) is 0 Å². The Bertz CT molecular complexity index is 934. The normalized spacial score (nSPS) is 39.8. The number of benzene rings is 2. The van der Waals surface area contributed by atoms with Crippen LogP contribution in [0.15, 0.2) is 60.7 Å². The van der Waals surface area contributed by atoms with E-state index in [9.17, 15) is 0 Å². The van der Waals surface area contributed by atoms with Gasteiger partial charge in [-0.05, 0) is 37.3 Å². The minimum atomic E-state index is -1.000. The lowest BCUT2D eigenvalue weighted by Crippen LogP contribution is -2.62. The van der Waals surface area contributed by atoms with Crippen molar-refractivity contribution in [1.29, 1.82) is 0 Å². The molecule has 2 aromatic rings. The second kappa shape index (κ2) is 7.90. The molecular weight excluding hydrogens is 408 g/mol. The minimum absolute atomic E-state index is 0.185. The predicted molar refractivity (Wildman–Crippen MR) is 116 cm³/mol. The standard InChI is InChI=1S/C26H30O6/c1-25(2)29-16-26(32-25)23(27-14-17-9-5-3-6-10-17)22-21(15-28-26)30-24(31-22)20-13-19(20)18-11-7-4-8-12-18/h3-12,19-24H,13-16H2,1-2H3/t19-,20+,21-,22-,23+,24+,26+/m1/s1. The Morgan fingerprint density at radius 1 is 0.938 bits per heavy atom. The average Bonchev–Trinajstić information content (AvgIpc) is 3.39. The maximum atomic E-state index is 6.53. The van der Waals surface area contributed by atoms with Crippen molar-refractivity contribution in [3.05, 3.63) is 71.8 Å². The second-order valence-corrected chi connectivity index (χ2v) is 9.69. The molecule has 3 heterocycles. The van der Waals surface area contributed by atoms with Gasteiger partial charge in [-0.1, -0.05) is 60.7 Å². The van der Waals surface area contributed by atoms with Gasteiger partial charge in [0.25, 0.3) is 0 Å². The molecule has 0 amide bonds. The monoisotopic (exact) mass is 438 g/mol. The fourth-order valence-electron chi connectivity index (χ4n) is 5.22. The van der Waals surface area contributed by atoms with Crippen LogP contribution in [0.25, 0.3) is 0 Å². The van der Waals surface area contributed by atoms with Gasteiger partial charge in [0.15, 0.2) is 12.1 Å². The van der Waals surface area contributed by atoms with Crippen molar-refractivity contribution in [2.45, 2.75) is 69.0 Å². The van der Waals surface area contributed by atoms with Crippen LogP contribution in [-0.4, -0.2) is 49.4 Å². The molecule has 1 saturated carbocycles. The molecule has 0 N–H and O–H groups in total. The Morgan fingerprint density at radius 2 is 1.69 bits per heavy atom. The molecule has 6 heteroatoms. The van der Waals surface area contributed by atoms with Crippen LogP contribution in [0.5, 0.6) is 0 Å². The Labute approximate surface area is 188 Å². The molecule has 4 aliphatic rings. The Morgan fingerprint density at radius 3 is 2.41 bits per heavy atom. The van der Waals surface area contributed by atoms with Crippen molar-refractivity contribution in [1.82, 2.24) is 0 Å². The predicted octanol–water partition coefficient (Wildman–Crippen LogP) is 4.00. The summed E-state index contributed by atoms with van der Waals surface area (Å²) in [4.78, 5) is 0. The Kier molecular flexibility index (Phi) is 5.13. The molecule has 4 fully saturated rings. The molecule has 0 radical (unpaired) electrons. The summed E-state index contributed by atoms with van der Waals surface area (Å²) in [6, 6.07) is 20.7. The zero-order valence-corrected chi connectivity index (χ0v) is 18.5. The molecule has 0 aromatic heterocycles. The molecule has 1 aliphatic carbocycles. The quantitative estimate of drug-likeness (QED) is 0.704. The number of hydrogen-bond donors (Lipinski definition) is 0. The zero-order valence-electron chi connectivity index (χ0n) is 18.5. The molecule has 2 aromatic carbocycles. The van der Waals surface area contributed by atoms with Gasteiger partial charge in [0.2, 0.25) is 5.79 Å². The lowest BCUT2D eigenvalue weighted by molar-refractivity contribution is -0.336. The lowest BCUT2D eigenvalue weighted by Gasteiger charge is -2.43. The van der Waals surface area contributed by atoms with Crippen molar-refractivity contribution in [3.8, 4) is 0 Å². The van der Waals surface area contributed by atoms with E-state index in [2.05, 4.69) is 30.3 Å². The van der Waals surface area contributed by atoms with Crippen LogP contribution in [-0.2, 0) is 35.0 Å². The first-order valence-electron chi connectivity index (χ1n) is 11.5. The van der Waals surface area contributed by atoms with E-state index in [1.165, 1.54) is 5.56 Å². The molecule has 0 unspecified atom stereocenters. The van der Waals surface area contributed by atoms with Gasteiger partial charge < -0.3 is 28.4 Å². The van der Waals surface area contributed by atoms with E-state index in [0.717, 1.165) is 12.0 Å². The highest BCUT2D eigenvalue weighted by molar-refractivity contribution is 5.26. The van der Waals surface area contributed by atoms with E-state index in [1.807, 2.05) is 44.2 Å². The summed E-state index contributed by atoms with van der Waals surface area (Å²) in [6.07, 6.45) is -0.0977. The maximum absolute atomic E-state index is 6.53. The smallest absolute Gasteiger partial charge is 0.224 e. The first-order valence-corrected chi connectivity index (χ1v) is 11.5. The molecule has 1 spiro atoms. The van der Waals surface area contributed by atoms with E-state index in [1.54, 1.807) is 0 Å². The van der Waals surface area contributed by atoms with Crippen LogP contribution >= 0.6 is 0 Å². The van der Waals surface area contributed by atoms with Crippen LogP contribution in [0.4, 0.5) is 0 Å². The summed E-state index contributed by atoms with van der Waals surface area (Å²) in [5.41, 5.74) is 2.43. The SMILES string of the molecule is CC1(C)OC[C@]2(OC[C@H]3O[C@H]([C@H]4C[C@@H]4c4ccccc4)O[C@H]3[C@@H]2OCc2ccccc2)O1. The molecule has 6 rings (SSSR count). The van der Waals surface area contributed by atoms with E-state index >= 15 is 0 Å². The summed E-state index contributed by atoms with van der Waals surface area (Å²) in [6.45, 7) is 4.93. The molecule has 170 valence electrons. The molecule has 32 heavy (non-hydrogen) atoms. The van der Waals surface area contributed by atoms with E-state index in [-0.39, 0.29) is 18.5 Å².